The van der Waals surface area contributed by atoms with Crippen LogP contribution < -0.4 is 0 Å². The molecule has 0 unspecified atom stereocenters. The van der Waals surface area contributed by atoms with E-state index in [9.17, 15) is 14.4 Å². The zero-order chi connectivity index (χ0) is 15.9. The average Bonchev–Trinajstić information content (AvgIpc) is 2.31. The number of quaternary nitrogens is 1. The molecule has 0 aliphatic heterocycles. The Kier molecular flexibility index (Phi) is 7.20. The van der Waals surface area contributed by atoms with E-state index in [1.54, 1.807) is 6.92 Å². The molecule has 0 aromatic rings. The molecule has 0 fully saturated rings. The lowest BCUT2D eigenvalue weighted by Crippen LogP contribution is -2.48. The minimum absolute atomic E-state index is 0.0781. The topological polar surface area (TPSA) is 89.9 Å². The van der Waals surface area contributed by atoms with Gasteiger partial charge in [-0.2, -0.15) is 0 Å². The molecule has 0 heterocycles. The summed E-state index contributed by atoms with van der Waals surface area (Å²) in [6.45, 7) is 3.51. The molecule has 0 amide bonds. The van der Waals surface area contributed by atoms with Gasteiger partial charge in [-0.05, 0) is 6.92 Å². The number of aliphatic carboxylic acids is 1. The summed E-state index contributed by atoms with van der Waals surface area (Å²) >= 11 is 0. The third kappa shape index (κ3) is 6.01. The molecule has 0 aromatic carbocycles. The van der Waals surface area contributed by atoms with Crippen LogP contribution in [-0.4, -0.2) is 61.5 Å². The van der Waals surface area contributed by atoms with Crippen molar-refractivity contribution in [1.82, 2.24) is 0 Å². The second-order valence-corrected chi connectivity index (χ2v) is 5.32. The number of nitrogens with zero attached hydrogens (tertiary/aromatic N) is 1. The summed E-state index contributed by atoms with van der Waals surface area (Å²) in [5, 5.41) is 8.78. The standard InChI is InChI=1S/C13H23NO6/c1-6-10(14(3,4)5)20-13(18)9(8-11(15)16)12(17)19-7-2/h9-10H,6-8H2,1-5H3/p+1/t9-,10-/m1/s1. The second-order valence-electron chi connectivity index (χ2n) is 5.32. The minimum atomic E-state index is -1.42. The molecule has 116 valence electrons. The average molecular weight is 290 g/mol. The highest BCUT2D eigenvalue weighted by molar-refractivity contribution is 5.97. The maximum Gasteiger partial charge on any atom is 0.325 e. The first-order valence-corrected chi connectivity index (χ1v) is 6.53. The van der Waals surface area contributed by atoms with Gasteiger partial charge in [0.05, 0.1) is 34.2 Å². The van der Waals surface area contributed by atoms with Crippen molar-refractivity contribution in [3.63, 3.8) is 0 Å². The first-order valence-electron chi connectivity index (χ1n) is 6.53. The number of ether oxygens (including phenoxy) is 2. The molecule has 0 saturated heterocycles. The van der Waals surface area contributed by atoms with Gasteiger partial charge >= 0.3 is 17.9 Å². The van der Waals surface area contributed by atoms with Gasteiger partial charge in [0.25, 0.3) is 0 Å². The van der Waals surface area contributed by atoms with E-state index in [1.807, 2.05) is 28.1 Å². The monoisotopic (exact) mass is 290 g/mol. The van der Waals surface area contributed by atoms with Gasteiger partial charge in [0.2, 0.25) is 6.23 Å². The molecule has 7 nitrogen and oxygen atoms in total. The van der Waals surface area contributed by atoms with Crippen LogP contribution in [-0.2, 0) is 23.9 Å². The number of rotatable bonds is 8. The fourth-order valence-corrected chi connectivity index (χ4v) is 1.69. The van der Waals surface area contributed by atoms with Crippen molar-refractivity contribution in [2.45, 2.75) is 32.9 Å². The SMILES string of the molecule is CCOC(=O)[C@@H](CC(=O)O)C(=O)O[C@H](CC)[N+](C)(C)C. The molecule has 0 radical (unpaired) electrons. The highest BCUT2D eigenvalue weighted by Crippen LogP contribution is 2.15. The van der Waals surface area contributed by atoms with Gasteiger partial charge in [0, 0.05) is 6.42 Å². The molecule has 0 saturated carbocycles. The van der Waals surface area contributed by atoms with E-state index in [4.69, 9.17) is 14.6 Å². The number of carboxylic acid groups (broad SMARTS) is 1. The van der Waals surface area contributed by atoms with Gasteiger partial charge in [-0.3, -0.25) is 18.9 Å². The summed E-state index contributed by atoms with van der Waals surface area (Å²) < 4.78 is 10.3. The highest BCUT2D eigenvalue weighted by Gasteiger charge is 2.36. The zero-order valence-electron chi connectivity index (χ0n) is 12.7. The molecule has 0 aliphatic rings. The van der Waals surface area contributed by atoms with Crippen molar-refractivity contribution in [2.75, 3.05) is 27.7 Å². The predicted molar refractivity (Wildman–Crippen MR) is 70.6 cm³/mol. The van der Waals surface area contributed by atoms with E-state index >= 15 is 0 Å². The Morgan fingerprint density at radius 2 is 1.65 bits per heavy atom. The number of carboxylic acids is 1. The number of hydrogen-bond acceptors (Lipinski definition) is 5. The molecule has 0 aromatic heterocycles. The molecule has 7 heteroatoms. The largest absolute Gasteiger partial charge is 0.481 e. The zero-order valence-corrected chi connectivity index (χ0v) is 12.7. The molecular formula is C13H24NO6+. The second kappa shape index (κ2) is 7.84. The van der Waals surface area contributed by atoms with Crippen LogP contribution in [0.1, 0.15) is 26.7 Å². The fraction of sp³-hybridized carbons (Fsp3) is 0.769. The van der Waals surface area contributed by atoms with Crippen LogP contribution in [0.15, 0.2) is 0 Å². The van der Waals surface area contributed by atoms with Crippen molar-refractivity contribution in [2.24, 2.45) is 5.92 Å². The molecule has 20 heavy (non-hydrogen) atoms. The lowest BCUT2D eigenvalue weighted by atomic mass is 10.1. The summed E-state index contributed by atoms with van der Waals surface area (Å²) in [6, 6.07) is 0. The molecule has 0 rings (SSSR count). The molecule has 1 N–H and O–H groups in total. The van der Waals surface area contributed by atoms with Gasteiger partial charge in [-0.25, -0.2) is 0 Å². The molecule has 0 spiro atoms. The normalized spacial score (nSPS) is 14.2. The van der Waals surface area contributed by atoms with Crippen LogP contribution in [0.5, 0.6) is 0 Å². The fourth-order valence-electron chi connectivity index (χ4n) is 1.69. The van der Waals surface area contributed by atoms with Gasteiger partial charge in [-0.1, -0.05) is 6.92 Å². The van der Waals surface area contributed by atoms with Crippen LogP contribution in [0.4, 0.5) is 0 Å². The Balaban J connectivity index is 4.94. The lowest BCUT2D eigenvalue weighted by Gasteiger charge is -2.33. The lowest BCUT2D eigenvalue weighted by molar-refractivity contribution is -0.917. The van der Waals surface area contributed by atoms with E-state index in [2.05, 4.69) is 0 Å². The minimum Gasteiger partial charge on any atom is -0.481 e. The number of esters is 2. The van der Waals surface area contributed by atoms with E-state index < -0.39 is 36.5 Å². The number of hydrogen-bond donors (Lipinski definition) is 1. The van der Waals surface area contributed by atoms with E-state index in [1.165, 1.54) is 0 Å². The van der Waals surface area contributed by atoms with Gasteiger partial charge < -0.3 is 14.6 Å². The molecule has 2 atom stereocenters. The quantitative estimate of drug-likeness (QED) is 0.305. The molecule has 0 bridgehead atoms. The van der Waals surface area contributed by atoms with E-state index in [0.717, 1.165) is 0 Å². The summed E-state index contributed by atoms with van der Waals surface area (Å²) in [6.07, 6.45) is -0.531. The third-order valence-corrected chi connectivity index (χ3v) is 2.70. The van der Waals surface area contributed by atoms with Gasteiger partial charge in [0.15, 0.2) is 5.92 Å². The van der Waals surface area contributed by atoms with Crippen LogP contribution in [0.3, 0.4) is 0 Å². The van der Waals surface area contributed by atoms with E-state index in [0.29, 0.717) is 10.9 Å². The van der Waals surface area contributed by atoms with Gasteiger partial charge in [-0.15, -0.1) is 0 Å². The first-order chi connectivity index (χ1) is 9.13. The summed E-state index contributed by atoms with van der Waals surface area (Å²) in [5.41, 5.74) is 0. The van der Waals surface area contributed by atoms with E-state index in [-0.39, 0.29) is 6.61 Å². The number of carbonyl (C=O) groups is 3. The third-order valence-electron chi connectivity index (χ3n) is 2.70. The van der Waals surface area contributed by atoms with Crippen molar-refractivity contribution >= 4 is 17.9 Å². The summed E-state index contributed by atoms with van der Waals surface area (Å²) in [4.78, 5) is 34.4. The van der Waals surface area contributed by atoms with Crippen molar-refractivity contribution in [1.29, 1.82) is 0 Å². The van der Waals surface area contributed by atoms with Crippen LogP contribution in [0, 0.1) is 5.92 Å². The summed E-state index contributed by atoms with van der Waals surface area (Å²) in [7, 11) is 5.54. The molecule has 0 aliphatic carbocycles. The van der Waals surface area contributed by atoms with Crippen LogP contribution in [0.2, 0.25) is 0 Å². The Morgan fingerprint density at radius 1 is 1.10 bits per heavy atom. The first kappa shape index (κ1) is 18.4. The smallest absolute Gasteiger partial charge is 0.325 e. The Bertz CT molecular complexity index is 360. The van der Waals surface area contributed by atoms with Crippen LogP contribution >= 0.6 is 0 Å². The summed E-state index contributed by atoms with van der Waals surface area (Å²) in [5.74, 6) is -4.40. The maximum atomic E-state index is 12.0. The van der Waals surface area contributed by atoms with Crippen molar-refractivity contribution in [3.05, 3.63) is 0 Å². The maximum absolute atomic E-state index is 12.0. The Labute approximate surface area is 119 Å². The Morgan fingerprint density at radius 3 is 2.00 bits per heavy atom. The number of carbonyl (C=O) groups excluding carboxylic acids is 2. The molecular weight excluding hydrogens is 266 g/mol. The van der Waals surface area contributed by atoms with Crippen molar-refractivity contribution < 1.29 is 33.4 Å². The Hall–Kier alpha value is -1.63. The predicted octanol–water partition coefficient (Wildman–Crippen LogP) is 0.626. The highest BCUT2D eigenvalue weighted by atomic mass is 16.6. The van der Waals surface area contributed by atoms with Gasteiger partial charge in [0.1, 0.15) is 0 Å². The van der Waals surface area contributed by atoms with Crippen LogP contribution in [0.25, 0.3) is 0 Å². The van der Waals surface area contributed by atoms with Crippen molar-refractivity contribution in [3.8, 4) is 0 Å².